The van der Waals surface area contributed by atoms with Gasteiger partial charge in [0.1, 0.15) is 0 Å². The minimum atomic E-state index is -2.95. The molecule has 0 aromatic carbocycles. The summed E-state index contributed by atoms with van der Waals surface area (Å²) in [6.07, 6.45) is 4.42. The van der Waals surface area contributed by atoms with E-state index >= 15 is 0 Å². The van der Waals surface area contributed by atoms with E-state index in [-0.39, 0.29) is 17.1 Å². The van der Waals surface area contributed by atoms with Gasteiger partial charge in [-0.2, -0.15) is 0 Å². The van der Waals surface area contributed by atoms with Gasteiger partial charge in [-0.15, -0.1) is 0 Å². The van der Waals surface area contributed by atoms with Gasteiger partial charge in [-0.25, -0.2) is 8.42 Å². The second-order valence-electron chi connectivity index (χ2n) is 4.89. The Morgan fingerprint density at radius 1 is 1.31 bits per heavy atom. The smallest absolute Gasteiger partial charge is 0.155 e. The maximum absolute atomic E-state index is 12.1. The maximum atomic E-state index is 12.1. The average molecular weight is 247 g/mol. The zero-order valence-electron chi connectivity index (χ0n) is 9.81. The van der Waals surface area contributed by atoms with E-state index in [0.717, 1.165) is 38.7 Å². The van der Waals surface area contributed by atoms with Gasteiger partial charge in [0.25, 0.3) is 0 Å². The summed E-state index contributed by atoms with van der Waals surface area (Å²) in [7, 11) is -1.05. The third kappa shape index (κ3) is 2.76. The zero-order valence-corrected chi connectivity index (χ0v) is 10.6. The number of rotatable bonds is 4. The van der Waals surface area contributed by atoms with Crippen LogP contribution in [0.3, 0.4) is 0 Å². The first kappa shape index (κ1) is 12.3. The van der Waals surface area contributed by atoms with Crippen molar-refractivity contribution in [1.82, 2.24) is 5.32 Å². The van der Waals surface area contributed by atoms with Crippen LogP contribution in [0.4, 0.5) is 0 Å². The van der Waals surface area contributed by atoms with Crippen LogP contribution in [-0.4, -0.2) is 45.2 Å². The van der Waals surface area contributed by atoms with E-state index in [1.807, 2.05) is 7.05 Å². The van der Waals surface area contributed by atoms with Gasteiger partial charge >= 0.3 is 0 Å². The van der Waals surface area contributed by atoms with Gasteiger partial charge < -0.3 is 10.1 Å². The number of sulfone groups is 1. The molecular formula is C11H21NO3S. The molecule has 0 amide bonds. The van der Waals surface area contributed by atoms with Gasteiger partial charge in [-0.1, -0.05) is 0 Å². The lowest BCUT2D eigenvalue weighted by Gasteiger charge is -2.15. The van der Waals surface area contributed by atoms with E-state index in [9.17, 15) is 8.42 Å². The third-order valence-electron chi connectivity index (χ3n) is 3.74. The fraction of sp³-hybridized carbons (Fsp3) is 1.00. The molecule has 0 aromatic heterocycles. The molecule has 3 unspecified atom stereocenters. The molecule has 1 saturated carbocycles. The Kier molecular flexibility index (Phi) is 3.87. The highest BCUT2D eigenvalue weighted by molar-refractivity contribution is 7.92. The van der Waals surface area contributed by atoms with Crippen LogP contribution in [0.15, 0.2) is 0 Å². The molecule has 4 nitrogen and oxygen atoms in total. The van der Waals surface area contributed by atoms with Gasteiger partial charge in [0, 0.05) is 12.6 Å². The standard InChI is InChI=1S/C11H21NO3S/c1-12-9-4-5-11(7-9)16(13,14)8-10-3-2-6-15-10/h9-12H,2-8H2,1H3. The molecule has 2 rings (SSSR count). The first-order valence-corrected chi connectivity index (χ1v) is 7.84. The fourth-order valence-corrected chi connectivity index (χ4v) is 4.77. The number of ether oxygens (including phenoxy) is 1. The van der Waals surface area contributed by atoms with Gasteiger partial charge in [-0.3, -0.25) is 0 Å². The van der Waals surface area contributed by atoms with Crippen molar-refractivity contribution in [3.63, 3.8) is 0 Å². The number of hydrogen-bond donors (Lipinski definition) is 1. The van der Waals surface area contributed by atoms with Crippen molar-refractivity contribution in [2.45, 2.75) is 49.5 Å². The summed E-state index contributed by atoms with van der Waals surface area (Å²) in [5, 5.41) is 3.02. The molecular weight excluding hydrogens is 226 g/mol. The summed E-state index contributed by atoms with van der Waals surface area (Å²) in [4.78, 5) is 0. The number of hydrogen-bond acceptors (Lipinski definition) is 4. The highest BCUT2D eigenvalue weighted by Gasteiger charge is 2.35. The second-order valence-corrected chi connectivity index (χ2v) is 7.21. The lowest BCUT2D eigenvalue weighted by molar-refractivity contribution is 0.127. The topological polar surface area (TPSA) is 55.4 Å². The first-order chi connectivity index (χ1) is 7.62. The summed E-state index contributed by atoms with van der Waals surface area (Å²) in [5.74, 6) is 0.230. The molecule has 2 fully saturated rings. The molecule has 2 aliphatic rings. The fourth-order valence-electron chi connectivity index (χ4n) is 2.70. The summed E-state index contributed by atoms with van der Waals surface area (Å²) in [5.41, 5.74) is 0. The van der Waals surface area contributed by atoms with Crippen molar-refractivity contribution in [3.05, 3.63) is 0 Å². The SMILES string of the molecule is CNC1CCC(S(=O)(=O)CC2CCCO2)C1. The molecule has 1 aliphatic carbocycles. The highest BCUT2D eigenvalue weighted by Crippen LogP contribution is 2.27. The maximum Gasteiger partial charge on any atom is 0.155 e. The minimum Gasteiger partial charge on any atom is -0.377 e. The van der Waals surface area contributed by atoms with Crippen molar-refractivity contribution in [1.29, 1.82) is 0 Å². The van der Waals surface area contributed by atoms with Crippen LogP contribution >= 0.6 is 0 Å². The zero-order chi connectivity index (χ0) is 11.6. The van der Waals surface area contributed by atoms with Gasteiger partial charge in [0.05, 0.1) is 17.1 Å². The molecule has 16 heavy (non-hydrogen) atoms. The van der Waals surface area contributed by atoms with Crippen molar-refractivity contribution in [2.24, 2.45) is 0 Å². The van der Waals surface area contributed by atoms with Crippen LogP contribution < -0.4 is 5.32 Å². The molecule has 94 valence electrons. The Hall–Kier alpha value is -0.130. The summed E-state index contributed by atoms with van der Waals surface area (Å²) >= 11 is 0. The monoisotopic (exact) mass is 247 g/mol. The van der Waals surface area contributed by atoms with E-state index in [0.29, 0.717) is 6.04 Å². The lowest BCUT2D eigenvalue weighted by atomic mass is 10.3. The lowest BCUT2D eigenvalue weighted by Crippen LogP contribution is -2.30. The van der Waals surface area contributed by atoms with Crippen molar-refractivity contribution < 1.29 is 13.2 Å². The second kappa shape index (κ2) is 5.02. The van der Waals surface area contributed by atoms with Gasteiger partial charge in [-0.05, 0) is 39.2 Å². The quantitative estimate of drug-likeness (QED) is 0.795. The van der Waals surface area contributed by atoms with E-state index in [1.54, 1.807) is 0 Å². The Morgan fingerprint density at radius 2 is 2.12 bits per heavy atom. The van der Waals surface area contributed by atoms with Gasteiger partial charge in [0.15, 0.2) is 9.84 Å². The minimum absolute atomic E-state index is 0.0429. The van der Waals surface area contributed by atoms with E-state index < -0.39 is 9.84 Å². The Bertz CT molecular complexity index is 322. The predicted molar refractivity (Wildman–Crippen MR) is 63.2 cm³/mol. The highest BCUT2D eigenvalue weighted by atomic mass is 32.2. The molecule has 0 aromatic rings. The van der Waals surface area contributed by atoms with E-state index in [2.05, 4.69) is 5.32 Å². The summed E-state index contributed by atoms with van der Waals surface area (Å²) in [6, 6.07) is 0.379. The molecule has 0 bridgehead atoms. The van der Waals surface area contributed by atoms with Crippen molar-refractivity contribution in [2.75, 3.05) is 19.4 Å². The van der Waals surface area contributed by atoms with Crippen LogP contribution in [0.2, 0.25) is 0 Å². The Balaban J connectivity index is 1.91. The summed E-state index contributed by atoms with van der Waals surface area (Å²) < 4.78 is 29.7. The van der Waals surface area contributed by atoms with Crippen LogP contribution in [0.1, 0.15) is 32.1 Å². The van der Waals surface area contributed by atoms with Crippen molar-refractivity contribution in [3.8, 4) is 0 Å². The van der Waals surface area contributed by atoms with Gasteiger partial charge in [0.2, 0.25) is 0 Å². The molecule has 1 N–H and O–H groups in total. The molecule has 0 spiro atoms. The Labute approximate surface area is 97.7 Å². The van der Waals surface area contributed by atoms with Crippen LogP contribution in [-0.2, 0) is 14.6 Å². The third-order valence-corrected chi connectivity index (χ3v) is 6.02. The molecule has 1 aliphatic heterocycles. The van der Waals surface area contributed by atoms with Crippen molar-refractivity contribution >= 4 is 9.84 Å². The molecule has 3 atom stereocenters. The van der Waals surface area contributed by atoms with E-state index in [4.69, 9.17) is 4.74 Å². The average Bonchev–Trinajstić information content (AvgIpc) is 2.85. The first-order valence-electron chi connectivity index (χ1n) is 6.12. The molecule has 1 heterocycles. The normalized spacial score (nSPS) is 35.7. The summed E-state index contributed by atoms with van der Waals surface area (Å²) in [6.45, 7) is 0.726. The predicted octanol–water partition coefficient (Wildman–Crippen LogP) is 0.721. The molecule has 1 saturated heterocycles. The van der Waals surface area contributed by atoms with Crippen LogP contribution in [0.5, 0.6) is 0 Å². The largest absolute Gasteiger partial charge is 0.377 e. The molecule has 0 radical (unpaired) electrons. The van der Waals surface area contributed by atoms with Crippen LogP contribution in [0, 0.1) is 0 Å². The van der Waals surface area contributed by atoms with Crippen LogP contribution in [0.25, 0.3) is 0 Å². The Morgan fingerprint density at radius 3 is 2.69 bits per heavy atom. The number of nitrogens with one attached hydrogen (secondary N) is 1. The van der Waals surface area contributed by atoms with E-state index in [1.165, 1.54) is 0 Å². The molecule has 5 heteroatoms.